The molecule has 3 heterocycles. The lowest BCUT2D eigenvalue weighted by Crippen LogP contribution is -2.45. The summed E-state index contributed by atoms with van der Waals surface area (Å²) in [5.41, 5.74) is -0.245. The number of aromatic nitrogens is 3. The molecule has 3 rings (SSSR count). The van der Waals surface area contributed by atoms with Gasteiger partial charge in [-0.15, -0.1) is 11.3 Å². The minimum absolute atomic E-state index is 0.184. The minimum atomic E-state index is -0.970. The quantitative estimate of drug-likeness (QED) is 0.865. The maximum Gasteiger partial charge on any atom is 0.263 e. The number of anilines is 1. The zero-order chi connectivity index (χ0) is 16.4. The highest BCUT2D eigenvalue weighted by Gasteiger charge is 2.37. The first-order chi connectivity index (χ1) is 11.0. The predicted molar refractivity (Wildman–Crippen MR) is 87.7 cm³/mol. The Kier molecular flexibility index (Phi) is 4.27. The molecule has 1 amide bonds. The van der Waals surface area contributed by atoms with Gasteiger partial charge in [-0.25, -0.2) is 15.0 Å². The number of carbonyl (C=O) groups is 1. The van der Waals surface area contributed by atoms with Gasteiger partial charge in [-0.2, -0.15) is 0 Å². The molecule has 2 N–H and O–H groups in total. The van der Waals surface area contributed by atoms with Crippen molar-refractivity contribution in [3.8, 4) is 0 Å². The maximum atomic E-state index is 12.2. The van der Waals surface area contributed by atoms with Gasteiger partial charge < -0.3 is 15.3 Å². The first-order valence-corrected chi connectivity index (χ1v) is 8.25. The lowest BCUT2D eigenvalue weighted by Gasteiger charge is -2.23. The van der Waals surface area contributed by atoms with Crippen LogP contribution in [0.2, 0.25) is 0 Å². The van der Waals surface area contributed by atoms with Crippen LogP contribution in [0.25, 0.3) is 0 Å². The van der Waals surface area contributed by atoms with Gasteiger partial charge in [0.2, 0.25) is 5.95 Å². The van der Waals surface area contributed by atoms with E-state index >= 15 is 0 Å². The van der Waals surface area contributed by atoms with Crippen molar-refractivity contribution in [1.29, 1.82) is 0 Å². The Balaban J connectivity index is 1.60. The third-order valence-electron chi connectivity index (χ3n) is 3.86. The molecule has 8 heteroatoms. The molecular weight excluding hydrogens is 314 g/mol. The smallest absolute Gasteiger partial charge is 0.263 e. The highest BCUT2D eigenvalue weighted by Crippen LogP contribution is 2.24. The molecule has 0 saturated carbocycles. The topological polar surface area (TPSA) is 91.2 Å². The van der Waals surface area contributed by atoms with E-state index in [1.54, 1.807) is 18.5 Å². The van der Waals surface area contributed by atoms with Crippen molar-refractivity contribution in [3.63, 3.8) is 0 Å². The molecule has 23 heavy (non-hydrogen) atoms. The molecule has 0 radical (unpaired) electrons. The number of amides is 1. The van der Waals surface area contributed by atoms with E-state index in [9.17, 15) is 9.90 Å². The van der Waals surface area contributed by atoms with Crippen molar-refractivity contribution in [3.05, 3.63) is 34.0 Å². The number of hydrogen-bond acceptors (Lipinski definition) is 7. The van der Waals surface area contributed by atoms with Gasteiger partial charge in [0.15, 0.2) is 0 Å². The second-order valence-corrected chi connectivity index (χ2v) is 6.98. The van der Waals surface area contributed by atoms with Crippen molar-refractivity contribution < 1.29 is 9.90 Å². The van der Waals surface area contributed by atoms with Crippen molar-refractivity contribution in [2.24, 2.45) is 0 Å². The van der Waals surface area contributed by atoms with Crippen LogP contribution < -0.4 is 10.2 Å². The Morgan fingerprint density at radius 3 is 2.83 bits per heavy atom. The van der Waals surface area contributed by atoms with E-state index in [1.165, 1.54) is 11.3 Å². The van der Waals surface area contributed by atoms with Crippen LogP contribution in [0.3, 0.4) is 0 Å². The van der Waals surface area contributed by atoms with E-state index in [0.717, 1.165) is 10.7 Å². The van der Waals surface area contributed by atoms with Crippen molar-refractivity contribution in [2.75, 3.05) is 24.5 Å². The molecule has 0 unspecified atom stereocenters. The van der Waals surface area contributed by atoms with E-state index in [2.05, 4.69) is 20.3 Å². The van der Waals surface area contributed by atoms with Crippen LogP contribution >= 0.6 is 11.3 Å². The summed E-state index contributed by atoms with van der Waals surface area (Å²) in [5, 5.41) is 14.4. The fraction of sp³-hybridized carbons (Fsp3) is 0.467. The summed E-state index contributed by atoms with van der Waals surface area (Å²) in [6.07, 6.45) is 3.92. The highest BCUT2D eigenvalue weighted by molar-refractivity contribution is 7.13. The number of nitrogens with zero attached hydrogens (tertiary/aromatic N) is 4. The second kappa shape index (κ2) is 6.21. The van der Waals surface area contributed by atoms with Gasteiger partial charge in [0.25, 0.3) is 5.91 Å². The molecule has 1 aliphatic rings. The first-order valence-electron chi connectivity index (χ1n) is 7.43. The van der Waals surface area contributed by atoms with Gasteiger partial charge in [-0.1, -0.05) is 0 Å². The summed E-state index contributed by atoms with van der Waals surface area (Å²) in [6.45, 7) is 4.95. The van der Waals surface area contributed by atoms with E-state index in [1.807, 2.05) is 18.7 Å². The van der Waals surface area contributed by atoms with Crippen LogP contribution in [-0.4, -0.2) is 51.2 Å². The van der Waals surface area contributed by atoms with Crippen LogP contribution in [0, 0.1) is 13.8 Å². The molecule has 0 aliphatic carbocycles. The van der Waals surface area contributed by atoms with Crippen molar-refractivity contribution in [2.45, 2.75) is 25.9 Å². The predicted octanol–water partition coefficient (Wildman–Crippen LogP) is 0.921. The number of carbonyl (C=O) groups excluding carboxylic acids is 1. The summed E-state index contributed by atoms with van der Waals surface area (Å²) in [4.78, 5) is 27.4. The number of aliphatic hydroxyl groups is 1. The molecule has 2 aromatic heterocycles. The Labute approximate surface area is 138 Å². The molecule has 1 aliphatic heterocycles. The fourth-order valence-corrected chi connectivity index (χ4v) is 3.53. The lowest BCUT2D eigenvalue weighted by atomic mass is 10.0. The van der Waals surface area contributed by atoms with Gasteiger partial charge in [-0.3, -0.25) is 4.79 Å². The molecule has 1 saturated heterocycles. The number of nitrogens with one attached hydrogen (secondary N) is 1. The number of rotatable bonds is 4. The fourth-order valence-electron chi connectivity index (χ4n) is 2.69. The third kappa shape index (κ3) is 3.48. The minimum Gasteiger partial charge on any atom is -0.386 e. The van der Waals surface area contributed by atoms with Crippen molar-refractivity contribution in [1.82, 2.24) is 20.3 Å². The number of thiazole rings is 1. The van der Waals surface area contributed by atoms with Crippen LogP contribution in [0.4, 0.5) is 5.95 Å². The molecule has 2 aromatic rings. The average molecular weight is 333 g/mol. The number of hydrogen-bond donors (Lipinski definition) is 2. The Morgan fingerprint density at radius 1 is 1.43 bits per heavy atom. The summed E-state index contributed by atoms with van der Waals surface area (Å²) < 4.78 is 0. The lowest BCUT2D eigenvalue weighted by molar-refractivity contribution is 0.0576. The molecule has 1 atom stereocenters. The summed E-state index contributed by atoms with van der Waals surface area (Å²) in [7, 11) is 0. The normalized spacial score (nSPS) is 20.7. The highest BCUT2D eigenvalue weighted by atomic mass is 32.1. The van der Waals surface area contributed by atoms with E-state index in [0.29, 0.717) is 30.3 Å². The van der Waals surface area contributed by atoms with Crippen LogP contribution in [0.5, 0.6) is 0 Å². The van der Waals surface area contributed by atoms with Gasteiger partial charge >= 0.3 is 0 Å². The zero-order valence-electron chi connectivity index (χ0n) is 13.1. The summed E-state index contributed by atoms with van der Waals surface area (Å²) in [5.74, 6) is 0.416. The van der Waals surface area contributed by atoms with E-state index in [4.69, 9.17) is 0 Å². The Hall–Kier alpha value is -2.06. The molecule has 0 aromatic carbocycles. The van der Waals surface area contributed by atoms with Gasteiger partial charge in [0.05, 0.1) is 17.2 Å². The molecule has 122 valence electrons. The SMILES string of the molecule is Cc1nc(C)c(C(=O)NC[C@@]2(O)CCN(c3ncccn3)C2)s1. The second-order valence-electron chi connectivity index (χ2n) is 5.77. The van der Waals surface area contributed by atoms with E-state index in [-0.39, 0.29) is 12.5 Å². The summed E-state index contributed by atoms with van der Waals surface area (Å²) in [6, 6.07) is 1.76. The largest absolute Gasteiger partial charge is 0.386 e. The van der Waals surface area contributed by atoms with Gasteiger partial charge in [-0.05, 0) is 26.3 Å². The number of β-amino-alcohol motifs (C(OH)–C–C–N with tert-alkyl or cyclic N) is 1. The standard InChI is InChI=1S/C15H19N5O2S/c1-10-12(23-11(2)19-10)13(21)18-8-15(22)4-7-20(9-15)14-16-5-3-6-17-14/h3,5-6,22H,4,7-9H2,1-2H3,(H,18,21)/t15-/m0/s1. The van der Waals surface area contributed by atoms with Crippen LogP contribution in [0.15, 0.2) is 18.5 Å². The van der Waals surface area contributed by atoms with Crippen molar-refractivity contribution >= 4 is 23.2 Å². The molecule has 0 spiro atoms. The monoisotopic (exact) mass is 333 g/mol. The third-order valence-corrected chi connectivity index (χ3v) is 4.93. The summed E-state index contributed by atoms with van der Waals surface area (Å²) >= 11 is 1.37. The van der Waals surface area contributed by atoms with Gasteiger partial charge in [0, 0.05) is 25.5 Å². The first kappa shape index (κ1) is 15.8. The van der Waals surface area contributed by atoms with Crippen LogP contribution in [0.1, 0.15) is 26.8 Å². The maximum absolute atomic E-state index is 12.2. The average Bonchev–Trinajstić information content (AvgIpc) is 3.09. The Bertz CT molecular complexity index is 705. The molecule has 1 fully saturated rings. The van der Waals surface area contributed by atoms with E-state index < -0.39 is 5.60 Å². The molecule has 7 nitrogen and oxygen atoms in total. The molecular formula is C15H19N5O2S. The van der Waals surface area contributed by atoms with Crippen LogP contribution in [-0.2, 0) is 0 Å². The van der Waals surface area contributed by atoms with Gasteiger partial charge in [0.1, 0.15) is 10.5 Å². The Morgan fingerprint density at radius 2 is 2.17 bits per heavy atom. The molecule has 0 bridgehead atoms. The zero-order valence-corrected chi connectivity index (χ0v) is 13.9. The number of aryl methyl sites for hydroxylation is 2.